The molecule has 0 spiro atoms. The van der Waals surface area contributed by atoms with E-state index in [0.717, 1.165) is 11.1 Å². The first kappa shape index (κ1) is 58.3. The molecule has 0 bridgehead atoms. The average Bonchev–Trinajstić information content (AvgIpc) is 4.28. The van der Waals surface area contributed by atoms with Crippen LogP contribution in [-0.2, 0) is 76.7 Å². The van der Waals surface area contributed by atoms with Crippen LogP contribution in [0.25, 0.3) is 0 Å². The fourth-order valence-corrected chi connectivity index (χ4v) is 7.80. The Kier molecular flexibility index (Phi) is 23.1. The van der Waals surface area contributed by atoms with Crippen LogP contribution in [0.3, 0.4) is 0 Å². The molecule has 4 aliphatic heterocycles. The molecule has 7 heterocycles. The molecule has 6 aromatic rings. The highest BCUT2D eigenvalue weighted by Crippen LogP contribution is 2.23. The van der Waals surface area contributed by atoms with Gasteiger partial charge >= 0.3 is 17.1 Å². The molecule has 77 heavy (non-hydrogen) atoms. The number of aliphatic hydroxyl groups excluding tert-OH is 1. The average molecular weight is 1180 g/mol. The molecule has 8 atom stereocenters. The summed E-state index contributed by atoms with van der Waals surface area (Å²) < 4.78 is 64.1. The summed E-state index contributed by atoms with van der Waals surface area (Å²) in [6.07, 6.45) is 0.987. The molecule has 3 aromatic heterocycles. The van der Waals surface area contributed by atoms with Crippen molar-refractivity contribution in [3.05, 3.63) is 176 Å². The largest absolute Gasteiger partial charge is 0.391 e. The Bertz CT molecular complexity index is 2910. The molecule has 412 valence electrons. The number of benzene rings is 3. The lowest BCUT2D eigenvalue weighted by atomic mass is 10.2. The number of carbonyl (C=O) groups is 1. The zero-order valence-electron chi connectivity index (χ0n) is 41.8. The molecule has 0 aliphatic carbocycles. The molecule has 4 aliphatic rings. The summed E-state index contributed by atoms with van der Waals surface area (Å²) in [6.45, 7) is 5.06. The van der Waals surface area contributed by atoms with Gasteiger partial charge in [0, 0.05) is 25.5 Å². The lowest BCUT2D eigenvalue weighted by Crippen LogP contribution is -2.29. The van der Waals surface area contributed by atoms with Crippen LogP contribution in [0.5, 0.6) is 0 Å². The Morgan fingerprint density at radius 1 is 0.558 bits per heavy atom. The zero-order valence-corrected chi connectivity index (χ0v) is 44.0. The van der Waals surface area contributed by atoms with E-state index in [0.29, 0.717) is 39.6 Å². The highest BCUT2D eigenvalue weighted by molar-refractivity contribution is 14.1. The topological polar surface area (TPSA) is 308 Å². The summed E-state index contributed by atoms with van der Waals surface area (Å²) >= 11 is 2.21. The van der Waals surface area contributed by atoms with Crippen LogP contribution in [0, 0.1) is 0 Å². The van der Waals surface area contributed by atoms with Crippen molar-refractivity contribution >= 4 is 46.0 Å². The van der Waals surface area contributed by atoms with Gasteiger partial charge < -0.3 is 74.0 Å². The molecule has 0 saturated carbocycles. The number of aromatic nitrogens is 6. The molecule has 4 fully saturated rings. The Balaban J connectivity index is 0.000000153. The van der Waals surface area contributed by atoms with E-state index >= 15 is 0 Å². The Hall–Kier alpha value is -6.38. The highest BCUT2D eigenvalue weighted by atomic mass is 127. The quantitative estimate of drug-likeness (QED) is 0.0752. The molecule has 25 nitrogen and oxygen atoms in total. The van der Waals surface area contributed by atoms with E-state index in [-0.39, 0.29) is 66.8 Å². The van der Waals surface area contributed by atoms with Crippen LogP contribution in [0.4, 0.5) is 17.5 Å². The van der Waals surface area contributed by atoms with Gasteiger partial charge in [-0.1, -0.05) is 91.0 Å². The Morgan fingerprint density at radius 3 is 1.27 bits per heavy atom. The highest BCUT2D eigenvalue weighted by Gasteiger charge is 2.30. The molecule has 26 heteroatoms. The van der Waals surface area contributed by atoms with Crippen LogP contribution in [0.1, 0.15) is 42.3 Å². The van der Waals surface area contributed by atoms with Gasteiger partial charge in [-0.05, 0) is 57.5 Å². The fourth-order valence-electron chi connectivity index (χ4n) is 7.27. The maximum Gasteiger partial charge on any atom is 0.351 e. The van der Waals surface area contributed by atoms with E-state index in [1.807, 2.05) is 91.0 Å². The van der Waals surface area contributed by atoms with Crippen molar-refractivity contribution < 1.29 is 62.0 Å². The van der Waals surface area contributed by atoms with Crippen molar-refractivity contribution in [1.29, 1.82) is 0 Å². The minimum absolute atomic E-state index is 0.160. The molecule has 4 saturated heterocycles. The van der Waals surface area contributed by atoms with E-state index in [4.69, 9.17) is 68.7 Å². The minimum Gasteiger partial charge on any atom is -0.391 e. The van der Waals surface area contributed by atoms with Crippen LogP contribution in [-0.4, -0.2) is 122 Å². The van der Waals surface area contributed by atoms with Crippen molar-refractivity contribution in [3.63, 3.8) is 0 Å². The third-order valence-corrected chi connectivity index (χ3v) is 11.6. The number of carbonyl (C=O) groups excluding carboxylic acids is 1. The van der Waals surface area contributed by atoms with Crippen molar-refractivity contribution in [2.45, 2.75) is 74.7 Å². The molecule has 2 unspecified atom stereocenters. The number of hydrogen-bond donors (Lipinski definition) is 4. The van der Waals surface area contributed by atoms with E-state index in [9.17, 15) is 19.2 Å². The second-order valence-corrected chi connectivity index (χ2v) is 18.2. The van der Waals surface area contributed by atoms with Crippen molar-refractivity contribution in [2.75, 3.05) is 69.6 Å². The van der Waals surface area contributed by atoms with Crippen molar-refractivity contribution in [2.24, 2.45) is 0 Å². The van der Waals surface area contributed by atoms with Gasteiger partial charge in [0.25, 0.3) is 0 Å². The Morgan fingerprint density at radius 2 is 0.922 bits per heavy atom. The number of alkyl halides is 1. The van der Waals surface area contributed by atoms with Gasteiger partial charge in [0.15, 0.2) is 43.8 Å². The minimum atomic E-state index is -0.681. The summed E-state index contributed by atoms with van der Waals surface area (Å²) in [5, 5.41) is 11.2. The zero-order chi connectivity index (χ0) is 54.4. The predicted octanol–water partition coefficient (Wildman–Crippen LogP) is 3.23. The van der Waals surface area contributed by atoms with Gasteiger partial charge in [0.2, 0.25) is 5.91 Å². The number of nitrogens with two attached hydrogens (primary N) is 2. The maximum atomic E-state index is 12.0. The second-order valence-electron chi connectivity index (χ2n) is 16.8. The first-order valence-corrected chi connectivity index (χ1v) is 25.4. The Labute approximate surface area is 455 Å². The molecular formula is C51H60IN9O16. The van der Waals surface area contributed by atoms with Crippen molar-refractivity contribution in [1.82, 2.24) is 28.7 Å². The lowest BCUT2D eigenvalue weighted by Gasteiger charge is -2.14. The van der Waals surface area contributed by atoms with E-state index in [1.165, 1.54) is 50.7 Å². The maximum absolute atomic E-state index is 12.0. The van der Waals surface area contributed by atoms with Crippen molar-refractivity contribution in [3.8, 4) is 0 Å². The molecule has 10 rings (SSSR count). The van der Waals surface area contributed by atoms with Gasteiger partial charge in [-0.15, -0.1) is 0 Å². The predicted molar refractivity (Wildman–Crippen MR) is 282 cm³/mol. The van der Waals surface area contributed by atoms with E-state index in [2.05, 4.69) is 42.9 Å². The molecular weight excluding hydrogens is 1120 g/mol. The number of amides is 1. The fraction of sp³-hybridized carbons (Fsp3) is 0.392. The molecule has 0 radical (unpaired) electrons. The summed E-state index contributed by atoms with van der Waals surface area (Å²) in [5.41, 5.74) is 12.6. The van der Waals surface area contributed by atoms with Gasteiger partial charge in [-0.25, -0.2) is 14.4 Å². The summed E-state index contributed by atoms with van der Waals surface area (Å²) in [6, 6.07) is 34.3. The van der Waals surface area contributed by atoms with Gasteiger partial charge in [0.1, 0.15) is 21.6 Å². The van der Waals surface area contributed by atoms with E-state index in [1.54, 1.807) is 12.3 Å². The third kappa shape index (κ3) is 19.2. The second kappa shape index (κ2) is 30.5. The molecule has 1 amide bonds. The van der Waals surface area contributed by atoms with Crippen LogP contribution < -0.4 is 33.9 Å². The molecule has 3 aromatic carbocycles. The summed E-state index contributed by atoms with van der Waals surface area (Å²) in [4.78, 5) is 57.2. The number of anilines is 3. The number of aliphatic hydroxyl groups is 1. The first-order valence-electron chi connectivity index (χ1n) is 24.1. The number of nitrogen functional groups attached to an aromatic ring is 2. The van der Waals surface area contributed by atoms with E-state index < -0.39 is 54.6 Å². The SMILES string of the molecule is CC(=O)Nc1ccn([C@@H]2CO[C@H](COCc3ccccc3)O2)c(=O)n1.IC1COC(COCc2ccccc2)O1.Nc1ccn([C@@H]2CO[C@H](CO)O2)c(=O)n1.Nc1ccn([C@@H]2CO[C@H](COCc3ccccc3)O2)c(=O)n1. The number of rotatable bonds is 17. The third-order valence-electron chi connectivity index (χ3n) is 10.9. The number of halogens is 1. The first-order chi connectivity index (χ1) is 37.4. The smallest absolute Gasteiger partial charge is 0.351 e. The lowest BCUT2D eigenvalue weighted by molar-refractivity contribution is -0.118. The monoisotopic (exact) mass is 1180 g/mol. The standard InChI is InChI=1S/C17H19N3O5.C15H17N3O4.C11H13IO3.C8H11N3O4/c1-12(21)18-14-7-8-20(17(22)19-14)15-10-24-16(25-15)11-23-9-13-5-3-2-4-6-13;16-12-6-7-18(15(19)17-12)13-9-21-14(22-13)10-20-8-11-4-2-1-3-5-11;12-10-7-14-11(15-10)8-13-6-9-4-2-1-3-5-9;9-5-1-2-11(8(13)10-5)6-4-14-7(3-12)15-6/h2-8,15-16H,9-11H2,1H3,(H,18,19,21,22);1-7,13-14H,8-10H2,(H2,16,17,19);1-5,10-11H,6-8H2;1-2,6-7,12H,3-4H2,(H2,9,10,13)/t15-,16-;13-,14-;;6-,7-/m00.0/s1. The number of nitrogens with zero attached hydrogens (tertiary/aromatic N) is 6. The number of nitrogens with one attached hydrogen (secondary N) is 1. The van der Waals surface area contributed by atoms with Gasteiger partial charge in [-0.2, -0.15) is 15.0 Å². The van der Waals surface area contributed by atoms with Gasteiger partial charge in [-0.3, -0.25) is 18.5 Å². The normalized spacial score (nSPS) is 22.4. The number of ether oxygens (including phenoxy) is 11. The molecule has 6 N–H and O–H groups in total. The van der Waals surface area contributed by atoms with Crippen LogP contribution in [0.2, 0.25) is 0 Å². The summed E-state index contributed by atoms with van der Waals surface area (Å²) in [7, 11) is 0. The van der Waals surface area contributed by atoms with Gasteiger partial charge in [0.05, 0.1) is 72.7 Å². The number of hydrogen-bond acceptors (Lipinski definition) is 21. The summed E-state index contributed by atoms with van der Waals surface area (Å²) in [5.74, 6) is 0.257. The van der Waals surface area contributed by atoms with Crippen LogP contribution in [0.15, 0.2) is 142 Å². The van der Waals surface area contributed by atoms with Crippen LogP contribution >= 0.6 is 22.6 Å².